The van der Waals surface area contributed by atoms with E-state index in [4.69, 9.17) is 9.15 Å². The number of aryl methyl sites for hydroxylation is 1. The number of hydrogen-bond donors (Lipinski definition) is 2. The zero-order valence-electron chi connectivity index (χ0n) is 16.6. The van der Waals surface area contributed by atoms with Gasteiger partial charge in [0.05, 0.1) is 18.2 Å². The largest absolute Gasteiger partial charge is 0.497 e. The van der Waals surface area contributed by atoms with Crippen LogP contribution in [-0.4, -0.2) is 26.9 Å². The number of hydrogen-bond acceptors (Lipinski definition) is 5. The molecule has 0 aliphatic heterocycles. The summed E-state index contributed by atoms with van der Waals surface area (Å²) in [6, 6.07) is 12.1. The van der Waals surface area contributed by atoms with Gasteiger partial charge in [-0.05, 0) is 35.7 Å². The Morgan fingerprint density at radius 3 is 2.77 bits per heavy atom. The Labute approximate surface area is 173 Å². The molecule has 0 spiro atoms. The smallest absolute Gasteiger partial charge is 0.258 e. The lowest BCUT2D eigenvalue weighted by Gasteiger charge is -2.11. The fourth-order valence-corrected chi connectivity index (χ4v) is 4.19. The van der Waals surface area contributed by atoms with Gasteiger partial charge < -0.3 is 18.8 Å². The van der Waals surface area contributed by atoms with Crippen molar-refractivity contribution in [3.05, 3.63) is 69.2 Å². The number of nitrogens with one attached hydrogen (secondary N) is 2. The lowest BCUT2D eigenvalue weighted by atomic mass is 10.0. The van der Waals surface area contributed by atoms with Crippen molar-refractivity contribution in [3.8, 4) is 16.9 Å². The molecular weight excluding hydrogens is 396 g/mol. The average molecular weight is 412 g/mol. The fraction of sp³-hybridized carbons (Fsp3) is 0.0870. The minimum absolute atomic E-state index is 0.150. The van der Waals surface area contributed by atoms with Gasteiger partial charge in [0.25, 0.3) is 5.56 Å². The molecular formula is C23H16N4O4. The molecule has 0 bridgehead atoms. The summed E-state index contributed by atoms with van der Waals surface area (Å²) in [6.45, 7) is 0. The van der Waals surface area contributed by atoms with Crippen LogP contribution in [-0.2, 0) is 7.05 Å². The van der Waals surface area contributed by atoms with Crippen molar-refractivity contribution in [1.29, 1.82) is 0 Å². The van der Waals surface area contributed by atoms with E-state index in [0.717, 1.165) is 21.7 Å². The summed E-state index contributed by atoms with van der Waals surface area (Å²) in [5.74, 6) is 0.676. The normalized spacial score (nSPS) is 11.8. The number of aromatic amines is 2. The summed E-state index contributed by atoms with van der Waals surface area (Å²) in [5.41, 5.74) is 3.62. The van der Waals surface area contributed by atoms with Gasteiger partial charge in [0, 0.05) is 41.7 Å². The van der Waals surface area contributed by atoms with Crippen LogP contribution in [0.25, 0.3) is 55.1 Å². The molecule has 6 rings (SSSR count). The predicted octanol–water partition coefficient (Wildman–Crippen LogP) is 3.68. The lowest BCUT2D eigenvalue weighted by molar-refractivity contribution is 0.415. The molecule has 31 heavy (non-hydrogen) atoms. The van der Waals surface area contributed by atoms with Crippen LogP contribution < -0.4 is 15.7 Å². The van der Waals surface area contributed by atoms with Gasteiger partial charge in [0.1, 0.15) is 16.8 Å². The monoisotopic (exact) mass is 412 g/mol. The molecule has 6 aromatic rings. The summed E-state index contributed by atoms with van der Waals surface area (Å²) in [5, 5.41) is 8.28. The van der Waals surface area contributed by atoms with E-state index in [9.17, 15) is 9.59 Å². The van der Waals surface area contributed by atoms with Crippen LogP contribution >= 0.6 is 0 Å². The highest BCUT2D eigenvalue weighted by Gasteiger charge is 2.22. The van der Waals surface area contributed by atoms with Crippen molar-refractivity contribution in [2.24, 2.45) is 7.05 Å². The van der Waals surface area contributed by atoms with Crippen molar-refractivity contribution < 1.29 is 9.15 Å². The molecule has 0 aliphatic carbocycles. The van der Waals surface area contributed by atoms with Crippen LogP contribution in [0.2, 0.25) is 0 Å². The van der Waals surface area contributed by atoms with Crippen molar-refractivity contribution in [2.45, 2.75) is 0 Å². The molecule has 8 heteroatoms. The van der Waals surface area contributed by atoms with Gasteiger partial charge >= 0.3 is 0 Å². The first kappa shape index (κ1) is 17.5. The molecule has 0 aliphatic rings. The minimum atomic E-state index is -0.180. The van der Waals surface area contributed by atoms with Crippen LogP contribution in [0, 0.1) is 0 Å². The molecule has 4 aromatic heterocycles. The molecule has 2 aromatic carbocycles. The number of aromatic nitrogens is 4. The van der Waals surface area contributed by atoms with Gasteiger partial charge in [-0.2, -0.15) is 0 Å². The van der Waals surface area contributed by atoms with Crippen molar-refractivity contribution in [1.82, 2.24) is 19.7 Å². The number of methoxy groups -OCH3 is 1. The van der Waals surface area contributed by atoms with E-state index >= 15 is 0 Å². The van der Waals surface area contributed by atoms with E-state index in [-0.39, 0.29) is 11.0 Å². The van der Waals surface area contributed by atoms with Crippen LogP contribution in [0.15, 0.2) is 62.7 Å². The van der Waals surface area contributed by atoms with E-state index in [0.29, 0.717) is 39.2 Å². The third-order valence-electron chi connectivity index (χ3n) is 5.72. The molecule has 4 heterocycles. The van der Waals surface area contributed by atoms with E-state index in [2.05, 4.69) is 15.2 Å². The molecule has 0 saturated heterocycles. The Bertz CT molecular complexity index is 1790. The number of pyridine rings is 2. The second-order valence-electron chi connectivity index (χ2n) is 7.45. The summed E-state index contributed by atoms with van der Waals surface area (Å²) in [7, 11) is 3.32. The zero-order valence-corrected chi connectivity index (χ0v) is 16.6. The van der Waals surface area contributed by atoms with Crippen molar-refractivity contribution in [2.75, 3.05) is 7.11 Å². The van der Waals surface area contributed by atoms with E-state index in [1.54, 1.807) is 31.0 Å². The van der Waals surface area contributed by atoms with Gasteiger partial charge in [-0.1, -0.05) is 0 Å². The number of fused-ring (bicyclic) bond motifs is 5. The average Bonchev–Trinajstić information content (AvgIpc) is 3.38. The maximum absolute atomic E-state index is 13.5. The third kappa shape index (κ3) is 2.38. The number of nitrogens with zero attached hydrogens (tertiary/aromatic N) is 2. The highest BCUT2D eigenvalue weighted by molar-refractivity contribution is 6.14. The second kappa shape index (κ2) is 6.09. The van der Waals surface area contributed by atoms with Crippen LogP contribution in [0.3, 0.4) is 0 Å². The zero-order chi connectivity index (χ0) is 21.3. The maximum atomic E-state index is 13.5. The van der Waals surface area contributed by atoms with Gasteiger partial charge in [-0.25, -0.2) is 4.98 Å². The number of furan rings is 1. The summed E-state index contributed by atoms with van der Waals surface area (Å²) < 4.78 is 13.0. The Hall–Kier alpha value is -4.33. The molecule has 0 saturated carbocycles. The maximum Gasteiger partial charge on any atom is 0.258 e. The Kier molecular flexibility index (Phi) is 3.44. The number of ether oxygens (including phenoxy) is 1. The number of benzene rings is 2. The quantitative estimate of drug-likeness (QED) is 0.451. The first-order valence-electron chi connectivity index (χ1n) is 9.65. The first-order chi connectivity index (χ1) is 15.0. The van der Waals surface area contributed by atoms with Crippen molar-refractivity contribution in [3.63, 3.8) is 0 Å². The SMILES string of the molecule is COc1ccc2cc(-c3c4c[nH][nH]c4nc4c3oc3cc(=O)ccc34)c(=O)n(C)c2c1. The predicted molar refractivity (Wildman–Crippen MR) is 119 cm³/mol. The highest BCUT2D eigenvalue weighted by atomic mass is 16.5. The highest BCUT2D eigenvalue weighted by Crippen LogP contribution is 2.38. The fourth-order valence-electron chi connectivity index (χ4n) is 4.19. The number of H-pyrrole nitrogens is 2. The van der Waals surface area contributed by atoms with Gasteiger partial charge in [-0.3, -0.25) is 14.7 Å². The molecule has 0 radical (unpaired) electrons. The van der Waals surface area contributed by atoms with Crippen molar-refractivity contribution >= 4 is 44.0 Å². The lowest BCUT2D eigenvalue weighted by Crippen LogP contribution is -2.19. The molecule has 0 atom stereocenters. The Morgan fingerprint density at radius 1 is 1.06 bits per heavy atom. The molecule has 2 N–H and O–H groups in total. The van der Waals surface area contributed by atoms with Gasteiger partial charge in [0.15, 0.2) is 16.7 Å². The standard InChI is InChI=1S/C23H16N4O4/c1-27-17-9-13(30-2)5-3-11(17)7-15(23(27)29)19-16-10-24-26-22(16)25-20-14-6-4-12(28)8-18(14)31-21(19)20/h3-10H,1-2H3,(H2,24,25,26). The van der Waals surface area contributed by atoms with Gasteiger partial charge in [-0.15, -0.1) is 0 Å². The molecule has 152 valence electrons. The first-order valence-corrected chi connectivity index (χ1v) is 9.65. The van der Waals surface area contributed by atoms with E-state index in [1.165, 1.54) is 12.1 Å². The second-order valence-corrected chi connectivity index (χ2v) is 7.45. The topological polar surface area (TPSA) is 106 Å². The Morgan fingerprint density at radius 2 is 1.94 bits per heavy atom. The van der Waals surface area contributed by atoms with Gasteiger partial charge in [0.2, 0.25) is 0 Å². The minimum Gasteiger partial charge on any atom is -0.497 e. The summed E-state index contributed by atoms with van der Waals surface area (Å²) in [6.07, 6.45) is 1.75. The summed E-state index contributed by atoms with van der Waals surface area (Å²) in [4.78, 5) is 30.0. The molecule has 0 amide bonds. The van der Waals surface area contributed by atoms with E-state index < -0.39 is 0 Å². The van der Waals surface area contributed by atoms with Crippen LogP contribution in [0.4, 0.5) is 0 Å². The van der Waals surface area contributed by atoms with Crippen LogP contribution in [0.5, 0.6) is 5.75 Å². The molecule has 0 unspecified atom stereocenters. The number of rotatable bonds is 2. The third-order valence-corrected chi connectivity index (χ3v) is 5.72. The van der Waals surface area contributed by atoms with E-state index in [1.807, 2.05) is 24.3 Å². The Balaban J connectivity index is 1.80. The molecule has 8 nitrogen and oxygen atoms in total. The summed E-state index contributed by atoms with van der Waals surface area (Å²) >= 11 is 0. The van der Waals surface area contributed by atoms with Crippen LogP contribution in [0.1, 0.15) is 0 Å². The molecule has 0 fully saturated rings.